The Morgan fingerprint density at radius 1 is 1.26 bits per heavy atom. The molecule has 0 saturated carbocycles. The largest absolute Gasteiger partial charge is 0.480 e. The van der Waals surface area contributed by atoms with E-state index >= 15 is 0 Å². The second-order valence-corrected chi connectivity index (χ2v) is 5.37. The quantitative estimate of drug-likeness (QED) is 0.378. The fraction of sp³-hybridized carbons (Fsp3) is 0.118. The second kappa shape index (κ2) is 8.43. The smallest absolute Gasteiger partial charge is 0.325 e. The third-order valence-electron chi connectivity index (χ3n) is 3.35. The van der Waals surface area contributed by atoms with Crippen molar-refractivity contribution in [3.63, 3.8) is 0 Å². The van der Waals surface area contributed by atoms with E-state index in [-0.39, 0.29) is 22.7 Å². The number of carbonyl (C=O) groups is 3. The third kappa shape index (κ3) is 5.26. The van der Waals surface area contributed by atoms with E-state index in [1.165, 1.54) is 55.7 Å². The molecule has 1 atom stereocenters. The number of carboxylic acids is 1. The van der Waals surface area contributed by atoms with E-state index in [0.29, 0.717) is 0 Å². The van der Waals surface area contributed by atoms with Crippen molar-refractivity contribution in [3.8, 4) is 0 Å². The molecule has 0 bridgehead atoms. The van der Waals surface area contributed by atoms with E-state index < -0.39 is 28.7 Å². The molecule has 0 unspecified atom stereocenters. The van der Waals surface area contributed by atoms with Crippen LogP contribution < -0.4 is 10.6 Å². The third-order valence-corrected chi connectivity index (χ3v) is 3.35. The van der Waals surface area contributed by atoms with Gasteiger partial charge in [0.25, 0.3) is 17.5 Å². The van der Waals surface area contributed by atoms with Crippen LogP contribution in [0, 0.1) is 10.1 Å². The number of benzene rings is 1. The van der Waals surface area contributed by atoms with E-state index in [2.05, 4.69) is 10.6 Å². The molecule has 1 aromatic carbocycles. The van der Waals surface area contributed by atoms with E-state index in [1.54, 1.807) is 0 Å². The first-order chi connectivity index (χ1) is 12.8. The Kier molecular flexibility index (Phi) is 6.05. The summed E-state index contributed by atoms with van der Waals surface area (Å²) in [6.07, 6.45) is 2.46. The predicted octanol–water partition coefficient (Wildman–Crippen LogP) is 1.55. The van der Waals surface area contributed by atoms with Gasteiger partial charge < -0.3 is 20.2 Å². The number of non-ortho nitro benzene ring substituents is 1. The topological polar surface area (TPSA) is 152 Å². The zero-order valence-corrected chi connectivity index (χ0v) is 14.0. The number of nitro groups is 1. The number of furan rings is 1. The first-order valence-electron chi connectivity index (χ1n) is 7.62. The number of carboxylic acid groups (broad SMARTS) is 1. The molecular formula is C17H15N3O7. The van der Waals surface area contributed by atoms with Gasteiger partial charge >= 0.3 is 5.97 Å². The molecule has 10 nitrogen and oxygen atoms in total. The van der Waals surface area contributed by atoms with Crippen LogP contribution in [-0.2, 0) is 9.59 Å². The van der Waals surface area contributed by atoms with Crippen LogP contribution in [0.5, 0.6) is 0 Å². The van der Waals surface area contributed by atoms with Gasteiger partial charge in [0.1, 0.15) is 11.7 Å². The SMILES string of the molecule is C[C@@H](NC(=O)/C(=C\c1cccc([N+](=O)[O-])c1)NC(=O)c1ccco1)C(=O)O. The number of carbonyl (C=O) groups excluding carboxylic acids is 2. The van der Waals surface area contributed by atoms with Crippen LogP contribution in [0.25, 0.3) is 6.08 Å². The molecule has 0 spiro atoms. The van der Waals surface area contributed by atoms with Gasteiger partial charge in [-0.05, 0) is 30.7 Å². The monoisotopic (exact) mass is 373 g/mol. The standard InChI is InChI=1S/C17H15N3O7/c1-10(17(23)24)18-15(21)13(19-16(22)14-6-3-7-27-14)9-11-4-2-5-12(8-11)20(25)26/h2-10H,1H3,(H,18,21)(H,19,22)(H,23,24)/b13-9+/t10-/m1/s1. The van der Waals surface area contributed by atoms with Crippen molar-refractivity contribution in [2.75, 3.05) is 0 Å². The van der Waals surface area contributed by atoms with Crippen molar-refractivity contribution in [2.45, 2.75) is 13.0 Å². The number of hydrogen-bond donors (Lipinski definition) is 3. The van der Waals surface area contributed by atoms with Crippen LogP contribution in [0.2, 0.25) is 0 Å². The molecule has 0 radical (unpaired) electrons. The van der Waals surface area contributed by atoms with Crippen molar-refractivity contribution in [2.24, 2.45) is 0 Å². The molecule has 0 aliphatic rings. The van der Waals surface area contributed by atoms with Crippen molar-refractivity contribution in [1.29, 1.82) is 0 Å². The van der Waals surface area contributed by atoms with Crippen molar-refractivity contribution in [1.82, 2.24) is 10.6 Å². The zero-order chi connectivity index (χ0) is 20.0. The minimum atomic E-state index is -1.27. The Hall–Kier alpha value is -3.95. The van der Waals surface area contributed by atoms with Gasteiger partial charge in [-0.3, -0.25) is 24.5 Å². The van der Waals surface area contributed by atoms with Gasteiger partial charge in [0.2, 0.25) is 0 Å². The molecule has 2 rings (SSSR count). The Balaban J connectivity index is 2.34. The molecule has 27 heavy (non-hydrogen) atoms. The van der Waals surface area contributed by atoms with Gasteiger partial charge in [-0.2, -0.15) is 0 Å². The van der Waals surface area contributed by atoms with E-state index in [1.807, 2.05) is 0 Å². The average Bonchev–Trinajstić information content (AvgIpc) is 3.16. The predicted molar refractivity (Wildman–Crippen MR) is 92.5 cm³/mol. The lowest BCUT2D eigenvalue weighted by molar-refractivity contribution is -0.384. The number of nitro benzene ring substituents is 1. The lowest BCUT2D eigenvalue weighted by atomic mass is 10.1. The van der Waals surface area contributed by atoms with Crippen LogP contribution in [0.3, 0.4) is 0 Å². The number of nitrogens with zero attached hydrogens (tertiary/aromatic N) is 1. The minimum absolute atomic E-state index is 0.0703. The van der Waals surface area contributed by atoms with Gasteiger partial charge in [0.05, 0.1) is 11.2 Å². The summed E-state index contributed by atoms with van der Waals surface area (Å²) in [6, 6.07) is 7.00. The second-order valence-electron chi connectivity index (χ2n) is 5.37. The summed E-state index contributed by atoms with van der Waals surface area (Å²) in [4.78, 5) is 45.7. The number of rotatable bonds is 7. The fourth-order valence-corrected chi connectivity index (χ4v) is 1.98. The molecule has 3 N–H and O–H groups in total. The van der Waals surface area contributed by atoms with Crippen molar-refractivity contribution in [3.05, 3.63) is 69.8 Å². The zero-order valence-electron chi connectivity index (χ0n) is 14.0. The Labute approximate surface area is 152 Å². The van der Waals surface area contributed by atoms with Gasteiger partial charge in [-0.15, -0.1) is 0 Å². The molecule has 1 aromatic heterocycles. The molecule has 0 aliphatic heterocycles. The summed E-state index contributed by atoms with van der Waals surface area (Å²) in [5.41, 5.74) is -0.248. The van der Waals surface area contributed by atoms with E-state index in [9.17, 15) is 24.5 Å². The van der Waals surface area contributed by atoms with Gasteiger partial charge in [0.15, 0.2) is 5.76 Å². The van der Waals surface area contributed by atoms with E-state index in [4.69, 9.17) is 9.52 Å². The molecular weight excluding hydrogens is 358 g/mol. The minimum Gasteiger partial charge on any atom is -0.480 e. The lowest BCUT2D eigenvalue weighted by Crippen LogP contribution is -2.42. The Morgan fingerprint density at radius 2 is 2.00 bits per heavy atom. The molecule has 0 fully saturated rings. The Morgan fingerprint density at radius 3 is 2.59 bits per heavy atom. The molecule has 10 heteroatoms. The average molecular weight is 373 g/mol. The summed E-state index contributed by atoms with van der Waals surface area (Å²) in [5.74, 6) is -2.96. The van der Waals surface area contributed by atoms with Crippen LogP contribution in [-0.4, -0.2) is 33.9 Å². The number of nitrogens with one attached hydrogen (secondary N) is 2. The van der Waals surface area contributed by atoms with E-state index in [0.717, 1.165) is 0 Å². The highest BCUT2D eigenvalue weighted by molar-refractivity contribution is 6.05. The summed E-state index contributed by atoms with van der Waals surface area (Å²) < 4.78 is 4.94. The first-order valence-corrected chi connectivity index (χ1v) is 7.62. The normalized spacial score (nSPS) is 12.1. The summed E-state index contributed by atoms with van der Waals surface area (Å²) in [7, 11) is 0. The van der Waals surface area contributed by atoms with Crippen molar-refractivity contribution >= 4 is 29.5 Å². The fourth-order valence-electron chi connectivity index (χ4n) is 1.98. The highest BCUT2D eigenvalue weighted by Crippen LogP contribution is 2.15. The maximum atomic E-state index is 12.4. The maximum Gasteiger partial charge on any atom is 0.325 e. The van der Waals surface area contributed by atoms with Gasteiger partial charge in [-0.1, -0.05) is 12.1 Å². The van der Waals surface area contributed by atoms with Gasteiger partial charge in [0, 0.05) is 12.1 Å². The van der Waals surface area contributed by atoms with Crippen LogP contribution >= 0.6 is 0 Å². The molecule has 2 aromatic rings. The maximum absolute atomic E-state index is 12.4. The summed E-state index contributed by atoms with van der Waals surface area (Å²) in [6.45, 7) is 1.25. The first kappa shape index (κ1) is 19.4. The summed E-state index contributed by atoms with van der Waals surface area (Å²) in [5, 5.41) is 24.3. The number of aliphatic carboxylic acids is 1. The van der Waals surface area contributed by atoms with Crippen LogP contribution in [0.4, 0.5) is 5.69 Å². The van der Waals surface area contributed by atoms with Crippen LogP contribution in [0.15, 0.2) is 52.8 Å². The molecule has 1 heterocycles. The van der Waals surface area contributed by atoms with Crippen molar-refractivity contribution < 1.29 is 28.8 Å². The van der Waals surface area contributed by atoms with Gasteiger partial charge in [-0.25, -0.2) is 0 Å². The summed E-state index contributed by atoms with van der Waals surface area (Å²) >= 11 is 0. The molecule has 0 saturated heterocycles. The lowest BCUT2D eigenvalue weighted by Gasteiger charge is -2.13. The number of hydrogen-bond acceptors (Lipinski definition) is 6. The molecule has 2 amide bonds. The highest BCUT2D eigenvalue weighted by Gasteiger charge is 2.20. The van der Waals surface area contributed by atoms with Crippen LogP contribution in [0.1, 0.15) is 23.0 Å². The molecule has 0 aliphatic carbocycles. The molecule has 140 valence electrons. The Bertz CT molecular complexity index is 903. The number of amides is 2. The highest BCUT2D eigenvalue weighted by atomic mass is 16.6.